The summed E-state index contributed by atoms with van der Waals surface area (Å²) < 4.78 is 1.95. The monoisotopic (exact) mass is 289 g/mol. The third-order valence-electron chi connectivity index (χ3n) is 3.35. The Hall–Kier alpha value is -1.26. The first-order valence-electron chi connectivity index (χ1n) is 7.05. The lowest BCUT2D eigenvalue weighted by atomic mass is 10.2. The third kappa shape index (κ3) is 4.12. The van der Waals surface area contributed by atoms with Gasteiger partial charge in [-0.15, -0.1) is 11.8 Å². The second-order valence-corrected chi connectivity index (χ2v) is 6.29. The molecule has 108 valence electrons. The van der Waals surface area contributed by atoms with Crippen molar-refractivity contribution in [1.82, 2.24) is 9.78 Å². The van der Waals surface area contributed by atoms with Gasteiger partial charge >= 0.3 is 0 Å². The number of hydrogen-bond donors (Lipinski definition) is 1. The van der Waals surface area contributed by atoms with Crippen molar-refractivity contribution in [2.45, 2.75) is 37.6 Å². The standard InChI is InChI=1S/C16H23N3S/c1-4-14-10-15(19(3)18-14)9-13(17)11-20-16-7-5-12(2)6-8-16/h5-8,10,13H,4,9,11,17H2,1-3H3. The summed E-state index contributed by atoms with van der Waals surface area (Å²) in [5, 5.41) is 4.46. The van der Waals surface area contributed by atoms with Gasteiger partial charge in [0.1, 0.15) is 0 Å². The van der Waals surface area contributed by atoms with E-state index in [0.717, 1.165) is 24.3 Å². The molecule has 2 N–H and O–H groups in total. The molecule has 0 saturated carbocycles. The van der Waals surface area contributed by atoms with Crippen molar-refractivity contribution in [3.05, 3.63) is 47.3 Å². The Morgan fingerprint density at radius 3 is 2.60 bits per heavy atom. The van der Waals surface area contributed by atoms with Crippen molar-refractivity contribution in [3.63, 3.8) is 0 Å². The van der Waals surface area contributed by atoms with Gasteiger partial charge < -0.3 is 5.73 Å². The molecule has 0 amide bonds. The van der Waals surface area contributed by atoms with Crippen molar-refractivity contribution in [2.75, 3.05) is 5.75 Å². The Morgan fingerprint density at radius 1 is 1.30 bits per heavy atom. The highest BCUT2D eigenvalue weighted by Crippen LogP contribution is 2.19. The van der Waals surface area contributed by atoms with Gasteiger partial charge in [-0.2, -0.15) is 5.10 Å². The number of aryl methyl sites for hydroxylation is 3. The molecule has 0 spiro atoms. The van der Waals surface area contributed by atoms with E-state index < -0.39 is 0 Å². The summed E-state index contributed by atoms with van der Waals surface area (Å²) in [6.07, 6.45) is 1.85. The predicted molar refractivity (Wildman–Crippen MR) is 86.2 cm³/mol. The van der Waals surface area contributed by atoms with Gasteiger partial charge in [0.2, 0.25) is 0 Å². The first kappa shape index (κ1) is 15.1. The van der Waals surface area contributed by atoms with Crippen molar-refractivity contribution in [3.8, 4) is 0 Å². The molecule has 0 radical (unpaired) electrons. The van der Waals surface area contributed by atoms with Gasteiger partial charge in [0.05, 0.1) is 5.69 Å². The summed E-state index contributed by atoms with van der Waals surface area (Å²) in [7, 11) is 1.99. The largest absolute Gasteiger partial charge is 0.327 e. The average Bonchev–Trinajstić information content (AvgIpc) is 2.79. The molecule has 0 bridgehead atoms. The quantitative estimate of drug-likeness (QED) is 0.832. The Labute approximate surface area is 125 Å². The highest BCUT2D eigenvalue weighted by molar-refractivity contribution is 7.99. The maximum Gasteiger partial charge on any atom is 0.0624 e. The van der Waals surface area contributed by atoms with Crippen LogP contribution in [0.2, 0.25) is 0 Å². The van der Waals surface area contributed by atoms with Crippen molar-refractivity contribution in [1.29, 1.82) is 0 Å². The van der Waals surface area contributed by atoms with Crippen LogP contribution in [-0.4, -0.2) is 21.6 Å². The van der Waals surface area contributed by atoms with E-state index in [2.05, 4.69) is 49.3 Å². The summed E-state index contributed by atoms with van der Waals surface area (Å²) in [6, 6.07) is 10.9. The van der Waals surface area contributed by atoms with E-state index >= 15 is 0 Å². The molecule has 0 fully saturated rings. The molecule has 3 nitrogen and oxygen atoms in total. The molecule has 2 aromatic rings. The molecule has 0 saturated heterocycles. The Bertz CT molecular complexity index is 545. The maximum atomic E-state index is 6.24. The lowest BCUT2D eigenvalue weighted by Gasteiger charge is -2.11. The molecule has 2 rings (SSSR count). The van der Waals surface area contributed by atoms with Crippen LogP contribution in [0.5, 0.6) is 0 Å². The van der Waals surface area contributed by atoms with E-state index in [9.17, 15) is 0 Å². The second-order valence-electron chi connectivity index (χ2n) is 5.19. The molecule has 4 heteroatoms. The molecule has 0 aliphatic heterocycles. The first-order chi connectivity index (χ1) is 9.58. The number of thioether (sulfide) groups is 1. The van der Waals surface area contributed by atoms with Gasteiger partial charge in [-0.1, -0.05) is 24.6 Å². The third-order valence-corrected chi connectivity index (χ3v) is 4.55. The molecule has 1 unspecified atom stereocenters. The minimum Gasteiger partial charge on any atom is -0.327 e. The van der Waals surface area contributed by atoms with Crippen LogP contribution in [0.4, 0.5) is 0 Å². The van der Waals surface area contributed by atoms with Gasteiger partial charge in [0, 0.05) is 35.9 Å². The summed E-state index contributed by atoms with van der Waals surface area (Å²) in [6.45, 7) is 4.23. The van der Waals surface area contributed by atoms with Crippen LogP contribution in [-0.2, 0) is 19.9 Å². The SMILES string of the molecule is CCc1cc(CC(N)CSc2ccc(C)cc2)n(C)n1. The number of nitrogens with zero attached hydrogens (tertiary/aromatic N) is 2. The van der Waals surface area contributed by atoms with Crippen molar-refractivity contribution < 1.29 is 0 Å². The van der Waals surface area contributed by atoms with E-state index in [-0.39, 0.29) is 6.04 Å². The number of benzene rings is 1. The fourth-order valence-electron chi connectivity index (χ4n) is 2.10. The topological polar surface area (TPSA) is 43.8 Å². The highest BCUT2D eigenvalue weighted by Gasteiger charge is 2.10. The molecule has 1 aromatic carbocycles. The second kappa shape index (κ2) is 6.95. The zero-order valence-electron chi connectivity index (χ0n) is 12.5. The van der Waals surface area contributed by atoms with Crippen LogP contribution in [0.25, 0.3) is 0 Å². The molecule has 1 heterocycles. The van der Waals surface area contributed by atoms with E-state index in [1.807, 2.05) is 23.5 Å². The summed E-state index contributed by atoms with van der Waals surface area (Å²) in [5.74, 6) is 0.926. The molecule has 0 aliphatic carbocycles. The fourth-order valence-corrected chi connectivity index (χ4v) is 2.95. The van der Waals surface area contributed by atoms with Crippen LogP contribution >= 0.6 is 11.8 Å². The van der Waals surface area contributed by atoms with E-state index in [1.165, 1.54) is 16.2 Å². The molecule has 1 aromatic heterocycles. The lowest BCUT2D eigenvalue weighted by Crippen LogP contribution is -2.26. The average molecular weight is 289 g/mol. The number of hydrogen-bond acceptors (Lipinski definition) is 3. The van der Waals surface area contributed by atoms with E-state index in [4.69, 9.17) is 5.73 Å². The van der Waals surface area contributed by atoms with Crippen LogP contribution in [0.15, 0.2) is 35.2 Å². The fraction of sp³-hybridized carbons (Fsp3) is 0.438. The smallest absolute Gasteiger partial charge is 0.0624 e. The Kier molecular flexibility index (Phi) is 5.26. The van der Waals surface area contributed by atoms with Crippen molar-refractivity contribution >= 4 is 11.8 Å². The first-order valence-corrected chi connectivity index (χ1v) is 8.04. The van der Waals surface area contributed by atoms with Gasteiger partial charge in [-0.05, 0) is 31.5 Å². The normalized spacial score (nSPS) is 12.6. The van der Waals surface area contributed by atoms with E-state index in [1.54, 1.807) is 0 Å². The maximum absolute atomic E-state index is 6.24. The zero-order valence-corrected chi connectivity index (χ0v) is 13.3. The van der Waals surface area contributed by atoms with Crippen LogP contribution in [0, 0.1) is 6.92 Å². The lowest BCUT2D eigenvalue weighted by molar-refractivity contribution is 0.650. The minimum atomic E-state index is 0.154. The number of aromatic nitrogens is 2. The molecular weight excluding hydrogens is 266 g/mol. The van der Waals surface area contributed by atoms with Gasteiger partial charge in [-0.25, -0.2) is 0 Å². The number of rotatable bonds is 6. The zero-order chi connectivity index (χ0) is 14.5. The summed E-state index contributed by atoms with van der Waals surface area (Å²) in [4.78, 5) is 1.28. The molecule has 1 atom stereocenters. The minimum absolute atomic E-state index is 0.154. The molecular formula is C16H23N3S. The molecule has 20 heavy (non-hydrogen) atoms. The van der Waals surface area contributed by atoms with Crippen LogP contribution in [0.3, 0.4) is 0 Å². The Morgan fingerprint density at radius 2 is 2.00 bits per heavy atom. The van der Waals surface area contributed by atoms with Crippen LogP contribution in [0.1, 0.15) is 23.9 Å². The van der Waals surface area contributed by atoms with Crippen LogP contribution < -0.4 is 5.73 Å². The Balaban J connectivity index is 1.87. The summed E-state index contributed by atoms with van der Waals surface area (Å²) in [5.41, 5.74) is 9.89. The molecule has 0 aliphatic rings. The number of nitrogens with two attached hydrogens (primary N) is 1. The van der Waals surface area contributed by atoms with E-state index in [0.29, 0.717) is 0 Å². The van der Waals surface area contributed by atoms with Gasteiger partial charge in [-0.3, -0.25) is 4.68 Å². The summed E-state index contributed by atoms with van der Waals surface area (Å²) >= 11 is 1.82. The van der Waals surface area contributed by atoms with Crippen molar-refractivity contribution in [2.24, 2.45) is 12.8 Å². The van der Waals surface area contributed by atoms with Gasteiger partial charge in [0.15, 0.2) is 0 Å². The highest BCUT2D eigenvalue weighted by atomic mass is 32.2. The van der Waals surface area contributed by atoms with Gasteiger partial charge in [0.25, 0.3) is 0 Å². The predicted octanol–water partition coefficient (Wildman–Crippen LogP) is 2.95.